The summed E-state index contributed by atoms with van der Waals surface area (Å²) in [7, 11) is 0. The van der Waals surface area contributed by atoms with Crippen LogP contribution < -0.4 is 57.7 Å². The molecule has 0 amide bonds. The first kappa shape index (κ1) is 47.9. The minimum atomic E-state index is -0.219. The van der Waals surface area contributed by atoms with Crippen LogP contribution in [0.4, 0.5) is 0 Å². The predicted molar refractivity (Wildman–Crippen MR) is 205 cm³/mol. The van der Waals surface area contributed by atoms with Crippen LogP contribution in [0.3, 0.4) is 0 Å². The molecule has 284 valence electrons. The Morgan fingerprint density at radius 3 is 0.604 bits per heavy atom. The van der Waals surface area contributed by atoms with Gasteiger partial charge in [0.2, 0.25) is 0 Å². The number of rotatable bonds is 8. The van der Waals surface area contributed by atoms with Crippen molar-refractivity contribution in [3.05, 3.63) is 94.1 Å². The van der Waals surface area contributed by atoms with Crippen LogP contribution in [-0.2, 0) is 47.6 Å². The molecule has 0 radical (unpaired) electrons. The molecule has 7 heterocycles. The zero-order valence-corrected chi connectivity index (χ0v) is 35.8. The Morgan fingerprint density at radius 2 is 0.509 bits per heavy atom. The largest absolute Gasteiger partial charge is 2.00 e. The van der Waals surface area contributed by atoms with Gasteiger partial charge in [-0.15, -0.1) is 0 Å². The monoisotopic (exact) mass is 752 g/mol. The molecule has 3 aliphatic rings. The number of hydrogen-bond donors (Lipinski definition) is 0. The second-order valence-electron chi connectivity index (χ2n) is 14.7. The van der Waals surface area contributed by atoms with Crippen LogP contribution in [0, 0.1) is 0 Å². The number of fused-ring (bicyclic) bond motifs is 8. The first-order chi connectivity index (χ1) is 24.3. The van der Waals surface area contributed by atoms with Gasteiger partial charge in [-0.1, -0.05) is 104 Å². The molecular weight excluding hydrogens is 689 g/mol. The van der Waals surface area contributed by atoms with Crippen molar-refractivity contribution in [3.63, 3.8) is 0 Å². The van der Waals surface area contributed by atoms with Crippen molar-refractivity contribution in [2.45, 2.75) is 154 Å². The van der Waals surface area contributed by atoms with E-state index in [9.17, 15) is 0 Å². The Kier molecular flexibility index (Phi) is 19.2. The third-order valence-corrected chi connectivity index (χ3v) is 13.0. The van der Waals surface area contributed by atoms with Gasteiger partial charge < -0.3 is 29.4 Å². The summed E-state index contributed by atoms with van der Waals surface area (Å²) in [5.41, 5.74) is 8.28. The summed E-state index contributed by atoms with van der Waals surface area (Å²) in [5.74, 6) is 0. The quantitative estimate of drug-likeness (QED) is 0.255. The third kappa shape index (κ3) is 8.84. The van der Waals surface area contributed by atoms with Gasteiger partial charge in [0.15, 0.2) is 0 Å². The van der Waals surface area contributed by atoms with Crippen LogP contribution in [0.2, 0.25) is 0 Å². The fourth-order valence-corrected chi connectivity index (χ4v) is 9.02. The van der Waals surface area contributed by atoms with Crippen LogP contribution in [0.15, 0.2) is 48.5 Å². The van der Waals surface area contributed by atoms with Crippen molar-refractivity contribution < 1.29 is 63.7 Å². The van der Waals surface area contributed by atoms with Crippen molar-refractivity contribution in [2.75, 3.05) is 26.4 Å². The summed E-state index contributed by atoms with van der Waals surface area (Å²) < 4.78 is 9.89. The molecule has 8 bridgehead atoms. The van der Waals surface area contributed by atoms with Crippen molar-refractivity contribution in [1.29, 1.82) is 0 Å². The molecular formula is C44H64Li2N4NiO2. The van der Waals surface area contributed by atoms with E-state index in [1.807, 2.05) is 0 Å². The summed E-state index contributed by atoms with van der Waals surface area (Å²) in [6, 6.07) is 18.2. The maximum Gasteiger partial charge on any atom is 2.00 e. The maximum atomic E-state index is 5.47. The molecule has 3 aliphatic heterocycles. The molecule has 0 unspecified atom stereocenters. The first-order valence-corrected chi connectivity index (χ1v) is 20.1. The van der Waals surface area contributed by atoms with Gasteiger partial charge in [-0.05, 0) is 98.7 Å². The average Bonchev–Trinajstić information content (AvgIpc) is 3.99. The van der Waals surface area contributed by atoms with E-state index < -0.39 is 0 Å². The Morgan fingerprint density at radius 1 is 0.358 bits per heavy atom. The Hall–Kier alpha value is -1.27. The van der Waals surface area contributed by atoms with Crippen LogP contribution in [-0.4, -0.2) is 26.4 Å². The molecule has 53 heavy (non-hydrogen) atoms. The second kappa shape index (κ2) is 21.3. The van der Waals surface area contributed by atoms with Crippen LogP contribution in [0.1, 0.15) is 178 Å². The van der Waals surface area contributed by atoms with Crippen LogP contribution in [0.25, 0.3) is 0 Å². The first-order valence-electron chi connectivity index (χ1n) is 20.1. The summed E-state index contributed by atoms with van der Waals surface area (Å²) >= 11 is 0. The van der Waals surface area contributed by atoms with Crippen molar-refractivity contribution in [3.8, 4) is 0 Å². The Labute approximate surface area is 356 Å². The van der Waals surface area contributed by atoms with Gasteiger partial charge in [0.05, 0.1) is 0 Å². The molecule has 6 nitrogen and oxygen atoms in total. The van der Waals surface area contributed by atoms with Crippen LogP contribution in [0.5, 0.6) is 0 Å². The van der Waals surface area contributed by atoms with Crippen molar-refractivity contribution in [1.82, 2.24) is 19.9 Å². The van der Waals surface area contributed by atoms with E-state index in [0.29, 0.717) is 0 Å². The minimum Gasteiger partial charge on any atom is -0.663 e. The maximum absolute atomic E-state index is 5.47. The van der Waals surface area contributed by atoms with E-state index in [1.54, 1.807) is 0 Å². The van der Waals surface area contributed by atoms with Gasteiger partial charge in [0, 0.05) is 26.4 Å². The fraction of sp³-hybridized carbons (Fsp3) is 0.636. The SMILES string of the molecule is C1CCOC1.C1CCOC1.CCC1(CC)c2ccc([n-]2)C(CC)(CC)c2ccc([n-]2)C(CC)(CC)c2ccc([n-]2)C(CC)(CC)c2ccc1[n-]2.[Li+].[Li+].[Ni+2]. The van der Waals surface area contributed by atoms with Crippen molar-refractivity contribution in [2.24, 2.45) is 0 Å². The van der Waals surface area contributed by atoms with Crippen LogP contribution >= 0.6 is 0 Å². The number of nitrogens with zero attached hydrogens (tertiary/aromatic N) is 4. The van der Waals surface area contributed by atoms with E-state index >= 15 is 0 Å². The zero-order valence-electron chi connectivity index (χ0n) is 34.9. The van der Waals surface area contributed by atoms with E-state index in [1.165, 1.54) is 25.7 Å². The molecule has 2 fully saturated rings. The number of aromatic nitrogens is 4. The predicted octanol–water partition coefficient (Wildman–Crippen LogP) is 3.85. The fourth-order valence-electron chi connectivity index (χ4n) is 9.02. The molecule has 0 spiro atoms. The van der Waals surface area contributed by atoms with E-state index in [-0.39, 0.29) is 75.9 Å². The summed E-state index contributed by atoms with van der Waals surface area (Å²) in [4.78, 5) is 21.9. The summed E-state index contributed by atoms with van der Waals surface area (Å²) in [5, 5.41) is 0. The molecule has 9 heteroatoms. The average molecular weight is 754 g/mol. The van der Waals surface area contributed by atoms with Gasteiger partial charge >= 0.3 is 54.2 Å². The molecule has 0 N–H and O–H groups in total. The van der Waals surface area contributed by atoms with Gasteiger partial charge in [-0.2, -0.15) is 45.6 Å². The molecule has 4 aromatic heterocycles. The normalized spacial score (nSPS) is 18.6. The smallest absolute Gasteiger partial charge is 0.663 e. The number of hydrogen-bond acceptors (Lipinski definition) is 2. The van der Waals surface area contributed by atoms with Gasteiger partial charge in [-0.25, -0.2) is 0 Å². The second-order valence-corrected chi connectivity index (χ2v) is 14.7. The Bertz CT molecular complexity index is 1270. The molecule has 0 aliphatic carbocycles. The molecule has 4 aromatic rings. The summed E-state index contributed by atoms with van der Waals surface area (Å²) in [6.45, 7) is 22.3. The number of ether oxygens (including phenoxy) is 2. The Balaban J connectivity index is 0.000000647. The van der Waals surface area contributed by atoms with Gasteiger partial charge in [-0.3, -0.25) is 0 Å². The van der Waals surface area contributed by atoms with Gasteiger partial charge in [0.1, 0.15) is 0 Å². The van der Waals surface area contributed by atoms with Crippen molar-refractivity contribution >= 4 is 0 Å². The molecule has 7 rings (SSSR count). The molecule has 0 atom stereocenters. The topological polar surface area (TPSA) is 74.9 Å². The summed E-state index contributed by atoms with van der Waals surface area (Å²) in [6.07, 6.45) is 12.8. The van der Waals surface area contributed by atoms with E-state index in [2.05, 4.69) is 104 Å². The minimum absolute atomic E-state index is 0. The van der Waals surface area contributed by atoms with E-state index in [0.717, 1.165) is 123 Å². The third-order valence-electron chi connectivity index (χ3n) is 13.0. The van der Waals surface area contributed by atoms with Gasteiger partial charge in [0.25, 0.3) is 0 Å². The standard InChI is InChI=1S/C36H48N4.2C4H8O.2Li.Ni/c1-9-33(10-2)25-17-19-27(37-25)34(11-3,12-4)29-21-23-31(39-29)36(15-7,16-8)32-24-22-30(40-32)35(13-5,14-6)28-20-18-26(33)38-28;2*1-2-4-5-3-1;;;/h17-24H,9-16H2,1-8H3;2*1-4H2;;;/q-4;;;2*+1;+2. The zero-order chi connectivity index (χ0) is 35.8. The van der Waals surface area contributed by atoms with E-state index in [4.69, 9.17) is 29.4 Å². The molecule has 0 saturated carbocycles. The molecule has 2 saturated heterocycles. The molecule has 0 aromatic carbocycles.